The van der Waals surface area contributed by atoms with E-state index < -0.39 is 5.97 Å². The number of carbonyl (C=O) groups is 2. The first-order valence-electron chi connectivity index (χ1n) is 8.15. The summed E-state index contributed by atoms with van der Waals surface area (Å²) in [6, 6.07) is 19.8. The number of carbonyl (C=O) groups excluding carboxylic acids is 1. The second-order valence-corrected chi connectivity index (χ2v) is 5.86. The molecule has 0 aliphatic heterocycles. The Bertz CT molecular complexity index is 736. The maximum atomic E-state index is 11.8. The Hall–Kier alpha value is -3.14. The van der Waals surface area contributed by atoms with Crippen molar-refractivity contribution in [2.24, 2.45) is 0 Å². The molecule has 0 amide bonds. The van der Waals surface area contributed by atoms with E-state index in [9.17, 15) is 9.59 Å². The van der Waals surface area contributed by atoms with E-state index >= 15 is 0 Å². The van der Waals surface area contributed by atoms with Crippen LogP contribution in [-0.4, -0.2) is 17.0 Å². The van der Waals surface area contributed by atoms with Crippen molar-refractivity contribution in [3.8, 4) is 0 Å². The van der Waals surface area contributed by atoms with Crippen molar-refractivity contribution in [3.63, 3.8) is 0 Å². The molecule has 0 heterocycles. The molecule has 4 nitrogen and oxygen atoms in total. The maximum absolute atomic E-state index is 11.8. The minimum absolute atomic E-state index is 0.176. The van der Waals surface area contributed by atoms with Crippen molar-refractivity contribution < 1.29 is 19.4 Å². The van der Waals surface area contributed by atoms with Gasteiger partial charge in [0.1, 0.15) is 6.10 Å². The van der Waals surface area contributed by atoms with Crippen molar-refractivity contribution in [3.05, 3.63) is 96.1 Å². The van der Waals surface area contributed by atoms with Gasteiger partial charge < -0.3 is 9.84 Å². The van der Waals surface area contributed by atoms with Crippen LogP contribution in [0.3, 0.4) is 0 Å². The van der Waals surface area contributed by atoms with E-state index in [0.717, 1.165) is 11.1 Å². The Morgan fingerprint density at radius 3 is 1.81 bits per heavy atom. The Kier molecular flexibility index (Phi) is 8.58. The third kappa shape index (κ3) is 7.62. The summed E-state index contributed by atoms with van der Waals surface area (Å²) in [5.74, 6) is -1.29. The van der Waals surface area contributed by atoms with E-state index in [-0.39, 0.29) is 17.6 Å². The zero-order valence-corrected chi connectivity index (χ0v) is 15.1. The van der Waals surface area contributed by atoms with Gasteiger partial charge in [0.25, 0.3) is 0 Å². The zero-order valence-electron chi connectivity index (χ0n) is 15.1. The summed E-state index contributed by atoms with van der Waals surface area (Å²) in [5.41, 5.74) is 2.72. The van der Waals surface area contributed by atoms with Gasteiger partial charge in [0.05, 0.1) is 0 Å². The van der Waals surface area contributed by atoms with E-state index in [0.29, 0.717) is 12.0 Å². The van der Waals surface area contributed by atoms with Crippen LogP contribution in [0.1, 0.15) is 31.1 Å². The van der Waals surface area contributed by atoms with Crippen molar-refractivity contribution in [1.29, 1.82) is 0 Å². The van der Waals surface area contributed by atoms with Crippen molar-refractivity contribution in [1.82, 2.24) is 0 Å². The predicted octanol–water partition coefficient (Wildman–Crippen LogP) is 4.74. The second kappa shape index (κ2) is 10.7. The number of hydrogen-bond acceptors (Lipinski definition) is 3. The number of ether oxygens (including phenoxy) is 1. The van der Waals surface area contributed by atoms with E-state index in [4.69, 9.17) is 9.84 Å². The first-order valence-corrected chi connectivity index (χ1v) is 8.15. The second-order valence-electron chi connectivity index (χ2n) is 5.86. The van der Waals surface area contributed by atoms with Gasteiger partial charge in [-0.3, -0.25) is 0 Å². The summed E-state index contributed by atoms with van der Waals surface area (Å²) in [6.45, 7) is 9.90. The van der Waals surface area contributed by atoms with Gasteiger partial charge in [0.15, 0.2) is 0 Å². The largest absolute Gasteiger partial charge is 0.478 e. The standard InChI is InChI=1S/C18H18O2.C4H6O2/c1-14(2)18(19)20-17(16-11-7-4-8-12-16)13-15-9-5-3-6-10-15;1-3(2)4(5)6/h3-12,17H,1,13H2,2H3;1H2,2H3,(H,5,6). The van der Waals surface area contributed by atoms with Crippen LogP contribution < -0.4 is 0 Å². The minimum Gasteiger partial charge on any atom is -0.478 e. The smallest absolute Gasteiger partial charge is 0.333 e. The number of hydrogen-bond donors (Lipinski definition) is 1. The third-order valence-corrected chi connectivity index (χ3v) is 3.40. The van der Waals surface area contributed by atoms with E-state index in [1.807, 2.05) is 60.7 Å². The van der Waals surface area contributed by atoms with Gasteiger partial charge in [0.2, 0.25) is 0 Å². The molecule has 0 spiro atoms. The average molecular weight is 352 g/mol. The predicted molar refractivity (Wildman–Crippen MR) is 103 cm³/mol. The number of benzene rings is 2. The van der Waals surface area contributed by atoms with Crippen LogP contribution in [0.25, 0.3) is 0 Å². The molecule has 2 aromatic carbocycles. The Labute approximate surface area is 154 Å². The average Bonchev–Trinajstić information content (AvgIpc) is 2.63. The van der Waals surface area contributed by atoms with E-state index in [2.05, 4.69) is 13.2 Å². The highest BCUT2D eigenvalue weighted by Crippen LogP contribution is 2.23. The molecule has 136 valence electrons. The normalized spacial score (nSPS) is 10.7. The van der Waals surface area contributed by atoms with Crippen LogP contribution in [0.2, 0.25) is 0 Å². The molecule has 1 N–H and O–H groups in total. The van der Waals surface area contributed by atoms with Crippen molar-refractivity contribution in [2.75, 3.05) is 0 Å². The molecule has 1 unspecified atom stereocenters. The quantitative estimate of drug-likeness (QED) is 0.603. The molecule has 2 rings (SSSR count). The minimum atomic E-state index is -0.935. The van der Waals surface area contributed by atoms with Gasteiger partial charge in [0, 0.05) is 17.6 Å². The summed E-state index contributed by atoms with van der Waals surface area (Å²) < 4.78 is 5.56. The molecule has 0 aliphatic rings. The number of esters is 1. The van der Waals surface area contributed by atoms with Crippen molar-refractivity contribution >= 4 is 11.9 Å². The van der Waals surface area contributed by atoms with Crippen molar-refractivity contribution in [2.45, 2.75) is 26.4 Å². The lowest BCUT2D eigenvalue weighted by Gasteiger charge is -2.18. The molecule has 0 aromatic heterocycles. The van der Waals surface area contributed by atoms with Gasteiger partial charge in [-0.1, -0.05) is 73.8 Å². The summed E-state index contributed by atoms with van der Waals surface area (Å²) in [4.78, 5) is 21.4. The van der Waals surface area contributed by atoms with Crippen LogP contribution in [-0.2, 0) is 20.7 Å². The Morgan fingerprint density at radius 1 is 0.923 bits per heavy atom. The number of aliphatic carboxylic acids is 1. The first-order chi connectivity index (χ1) is 12.3. The summed E-state index contributed by atoms with van der Waals surface area (Å²) in [6.07, 6.45) is 0.368. The van der Waals surface area contributed by atoms with Crippen LogP contribution in [0, 0.1) is 0 Å². The fraction of sp³-hybridized carbons (Fsp3) is 0.182. The molecule has 4 heteroatoms. The Morgan fingerprint density at radius 2 is 1.38 bits per heavy atom. The molecular weight excluding hydrogens is 328 g/mol. The number of carboxylic acids is 1. The topological polar surface area (TPSA) is 63.6 Å². The molecular formula is C22H24O4. The summed E-state index contributed by atoms with van der Waals surface area (Å²) >= 11 is 0. The SMILES string of the molecule is C=C(C)C(=O)O.C=C(C)C(=O)OC(Cc1ccccc1)c1ccccc1. The highest BCUT2D eigenvalue weighted by Gasteiger charge is 2.17. The third-order valence-electron chi connectivity index (χ3n) is 3.40. The number of rotatable bonds is 6. The number of carboxylic acid groups (broad SMARTS) is 1. The molecule has 0 saturated heterocycles. The fourth-order valence-corrected chi connectivity index (χ4v) is 1.95. The molecule has 0 radical (unpaired) electrons. The monoisotopic (exact) mass is 352 g/mol. The lowest BCUT2D eigenvalue weighted by Crippen LogP contribution is -2.14. The molecule has 26 heavy (non-hydrogen) atoms. The molecule has 1 atom stereocenters. The summed E-state index contributed by atoms with van der Waals surface area (Å²) in [7, 11) is 0. The Balaban J connectivity index is 0.000000487. The molecule has 0 bridgehead atoms. The first kappa shape index (κ1) is 20.9. The molecule has 0 saturated carbocycles. The van der Waals surface area contributed by atoms with Crippen LogP contribution in [0.15, 0.2) is 85.0 Å². The maximum Gasteiger partial charge on any atom is 0.333 e. The fourth-order valence-electron chi connectivity index (χ4n) is 1.95. The van der Waals surface area contributed by atoms with E-state index in [1.165, 1.54) is 6.92 Å². The highest BCUT2D eigenvalue weighted by atomic mass is 16.5. The van der Waals surface area contributed by atoms with Gasteiger partial charge in [-0.15, -0.1) is 0 Å². The van der Waals surface area contributed by atoms with Gasteiger partial charge in [-0.05, 0) is 25.0 Å². The summed E-state index contributed by atoms with van der Waals surface area (Å²) in [5, 5.41) is 7.89. The molecule has 0 aliphatic carbocycles. The van der Waals surface area contributed by atoms with Crippen LogP contribution >= 0.6 is 0 Å². The lowest BCUT2D eigenvalue weighted by atomic mass is 10.0. The van der Waals surface area contributed by atoms with Gasteiger partial charge in [-0.2, -0.15) is 0 Å². The molecule has 2 aromatic rings. The molecule has 0 fully saturated rings. The van der Waals surface area contributed by atoms with Crippen LogP contribution in [0.4, 0.5) is 0 Å². The van der Waals surface area contributed by atoms with E-state index in [1.54, 1.807) is 6.92 Å². The lowest BCUT2D eigenvalue weighted by molar-refractivity contribution is -0.144. The highest BCUT2D eigenvalue weighted by molar-refractivity contribution is 5.87. The van der Waals surface area contributed by atoms with Crippen LogP contribution in [0.5, 0.6) is 0 Å². The van der Waals surface area contributed by atoms with Gasteiger partial charge >= 0.3 is 11.9 Å². The zero-order chi connectivity index (χ0) is 19.5. The van der Waals surface area contributed by atoms with Gasteiger partial charge in [-0.25, -0.2) is 9.59 Å².